The van der Waals surface area contributed by atoms with E-state index in [0.29, 0.717) is 36.5 Å². The van der Waals surface area contributed by atoms with E-state index in [1.807, 2.05) is 42.2 Å². The number of para-hydroxylation sites is 1. The van der Waals surface area contributed by atoms with E-state index in [-0.39, 0.29) is 11.5 Å². The van der Waals surface area contributed by atoms with Gasteiger partial charge in [0.2, 0.25) is 0 Å². The van der Waals surface area contributed by atoms with Gasteiger partial charge in [-0.1, -0.05) is 48.0 Å². The number of H-pyrrole nitrogens is 2. The fourth-order valence-corrected chi connectivity index (χ4v) is 6.05. The largest absolute Gasteiger partial charge is 0.351 e. The Morgan fingerprint density at radius 2 is 1.75 bits per heavy atom. The van der Waals surface area contributed by atoms with Crippen molar-refractivity contribution in [3.63, 3.8) is 0 Å². The van der Waals surface area contributed by atoms with Crippen LogP contribution in [0.25, 0.3) is 32.2 Å². The first-order valence-corrected chi connectivity index (χ1v) is 13.0. The Morgan fingerprint density at radius 3 is 2.50 bits per heavy atom. The zero-order valence-corrected chi connectivity index (χ0v) is 21.1. The number of nitrogens with one attached hydrogen (secondary N) is 2. The van der Waals surface area contributed by atoms with E-state index in [2.05, 4.69) is 46.1 Å². The van der Waals surface area contributed by atoms with Gasteiger partial charge in [-0.15, -0.1) is 11.3 Å². The fourth-order valence-electron chi connectivity index (χ4n) is 4.99. The van der Waals surface area contributed by atoms with E-state index in [4.69, 9.17) is 4.98 Å². The Kier molecular flexibility index (Phi) is 5.70. The van der Waals surface area contributed by atoms with Crippen LogP contribution in [0.4, 0.5) is 0 Å². The van der Waals surface area contributed by atoms with Crippen molar-refractivity contribution in [3.05, 3.63) is 86.9 Å². The number of carbonyl (C=O) groups excluding carboxylic acids is 1. The standard InChI is InChI=1S/C28H27N5O2S/c1-17-7-9-19(10-8-17)24-18(2)36-27-25(24)26(34)30-23(31-27)16-32-11-13-33(14-12-32)28(35)22-15-20-5-3-4-6-21(20)29-22/h3-10,15,29H,11-14,16H2,1-2H3,(H,30,31,34). The number of rotatable bonds is 4. The predicted molar refractivity (Wildman–Crippen MR) is 145 cm³/mol. The molecule has 36 heavy (non-hydrogen) atoms. The molecule has 3 aromatic heterocycles. The Bertz CT molecular complexity index is 1610. The third-order valence-electron chi connectivity index (χ3n) is 6.92. The van der Waals surface area contributed by atoms with E-state index < -0.39 is 0 Å². The summed E-state index contributed by atoms with van der Waals surface area (Å²) in [6.07, 6.45) is 0. The highest BCUT2D eigenvalue weighted by Gasteiger charge is 2.24. The van der Waals surface area contributed by atoms with Crippen molar-refractivity contribution in [2.24, 2.45) is 0 Å². The molecular weight excluding hydrogens is 470 g/mol. The van der Waals surface area contributed by atoms with Crippen molar-refractivity contribution in [2.75, 3.05) is 26.2 Å². The molecule has 1 amide bonds. The number of hydrogen-bond acceptors (Lipinski definition) is 5. The van der Waals surface area contributed by atoms with Gasteiger partial charge in [-0.25, -0.2) is 4.98 Å². The molecule has 0 aliphatic carbocycles. The number of piperazine rings is 1. The van der Waals surface area contributed by atoms with Gasteiger partial charge in [0.1, 0.15) is 16.3 Å². The summed E-state index contributed by atoms with van der Waals surface area (Å²) in [5.74, 6) is 0.691. The lowest BCUT2D eigenvalue weighted by molar-refractivity contribution is 0.0620. The number of aryl methyl sites for hydroxylation is 2. The van der Waals surface area contributed by atoms with Crippen molar-refractivity contribution >= 4 is 38.4 Å². The lowest BCUT2D eigenvalue weighted by Crippen LogP contribution is -2.48. The summed E-state index contributed by atoms with van der Waals surface area (Å²) in [6, 6.07) is 18.1. The summed E-state index contributed by atoms with van der Waals surface area (Å²) >= 11 is 1.57. The maximum absolute atomic E-state index is 13.1. The predicted octanol–water partition coefficient (Wildman–Crippen LogP) is 4.71. The molecule has 1 aliphatic heterocycles. The van der Waals surface area contributed by atoms with Gasteiger partial charge in [0.05, 0.1) is 11.9 Å². The maximum Gasteiger partial charge on any atom is 0.270 e. The molecule has 2 aromatic carbocycles. The number of benzene rings is 2. The molecule has 0 unspecified atom stereocenters. The van der Waals surface area contributed by atoms with Gasteiger partial charge in [-0.3, -0.25) is 14.5 Å². The number of carbonyl (C=O) groups is 1. The molecule has 0 radical (unpaired) electrons. The van der Waals surface area contributed by atoms with Crippen LogP contribution in [0.3, 0.4) is 0 Å². The summed E-state index contributed by atoms with van der Waals surface area (Å²) in [5.41, 5.74) is 4.70. The van der Waals surface area contributed by atoms with Crippen LogP contribution in [-0.2, 0) is 6.54 Å². The summed E-state index contributed by atoms with van der Waals surface area (Å²) < 4.78 is 0. The fraction of sp³-hybridized carbons (Fsp3) is 0.250. The molecule has 7 nitrogen and oxygen atoms in total. The molecule has 0 atom stereocenters. The van der Waals surface area contributed by atoms with Crippen molar-refractivity contribution in [1.82, 2.24) is 24.8 Å². The van der Waals surface area contributed by atoms with Gasteiger partial charge < -0.3 is 14.9 Å². The molecule has 0 spiro atoms. The minimum Gasteiger partial charge on any atom is -0.351 e. The zero-order valence-electron chi connectivity index (χ0n) is 20.3. The van der Waals surface area contributed by atoms with Gasteiger partial charge in [0, 0.05) is 47.5 Å². The summed E-state index contributed by atoms with van der Waals surface area (Å²) in [5, 5.41) is 1.71. The van der Waals surface area contributed by atoms with Crippen molar-refractivity contribution in [2.45, 2.75) is 20.4 Å². The lowest BCUT2D eigenvalue weighted by atomic mass is 10.0. The van der Waals surface area contributed by atoms with Crippen molar-refractivity contribution < 1.29 is 4.79 Å². The van der Waals surface area contributed by atoms with E-state index >= 15 is 0 Å². The molecule has 1 aliphatic rings. The molecule has 4 heterocycles. The second kappa shape index (κ2) is 9.04. The molecule has 6 rings (SSSR count). The van der Waals surface area contributed by atoms with Crippen LogP contribution >= 0.6 is 11.3 Å². The number of nitrogens with zero attached hydrogens (tertiary/aromatic N) is 3. The van der Waals surface area contributed by atoms with Crippen molar-refractivity contribution in [1.29, 1.82) is 0 Å². The van der Waals surface area contributed by atoms with Crippen LogP contribution < -0.4 is 5.56 Å². The molecule has 8 heteroatoms. The van der Waals surface area contributed by atoms with Gasteiger partial charge in [-0.2, -0.15) is 0 Å². The summed E-state index contributed by atoms with van der Waals surface area (Å²) in [6.45, 7) is 7.38. The quantitative estimate of drug-likeness (QED) is 0.377. The maximum atomic E-state index is 13.1. The van der Waals surface area contributed by atoms with Crippen LogP contribution in [0.5, 0.6) is 0 Å². The van der Waals surface area contributed by atoms with Gasteiger partial charge in [-0.05, 0) is 31.5 Å². The molecular formula is C28H27N5O2S. The minimum absolute atomic E-state index is 0.0245. The molecule has 2 N–H and O–H groups in total. The van der Waals surface area contributed by atoms with Crippen molar-refractivity contribution in [3.8, 4) is 11.1 Å². The Hall–Kier alpha value is -3.75. The average molecular weight is 498 g/mol. The Balaban J connectivity index is 1.16. The molecule has 182 valence electrons. The Labute approximate surface area is 212 Å². The summed E-state index contributed by atoms with van der Waals surface area (Å²) in [4.78, 5) is 43.2. The number of aromatic nitrogens is 3. The number of amides is 1. The van der Waals surface area contributed by atoms with Crippen LogP contribution in [0.2, 0.25) is 0 Å². The number of fused-ring (bicyclic) bond motifs is 2. The number of hydrogen-bond donors (Lipinski definition) is 2. The molecule has 5 aromatic rings. The second-order valence-electron chi connectivity index (χ2n) is 9.43. The monoisotopic (exact) mass is 497 g/mol. The highest BCUT2D eigenvalue weighted by atomic mass is 32.1. The van der Waals surface area contributed by atoms with Gasteiger partial charge in [0.15, 0.2) is 0 Å². The number of aromatic amines is 2. The lowest BCUT2D eigenvalue weighted by Gasteiger charge is -2.34. The normalized spacial score (nSPS) is 14.7. The second-order valence-corrected chi connectivity index (χ2v) is 10.6. The van der Waals surface area contributed by atoms with E-state index in [0.717, 1.165) is 44.8 Å². The highest BCUT2D eigenvalue weighted by Crippen LogP contribution is 2.35. The van der Waals surface area contributed by atoms with Crippen LogP contribution in [0.15, 0.2) is 59.4 Å². The van der Waals surface area contributed by atoms with E-state index in [1.54, 1.807) is 11.3 Å². The molecule has 1 fully saturated rings. The van der Waals surface area contributed by atoms with Crippen LogP contribution in [-0.4, -0.2) is 56.8 Å². The minimum atomic E-state index is -0.0949. The average Bonchev–Trinajstić information content (AvgIpc) is 3.45. The smallest absolute Gasteiger partial charge is 0.270 e. The first-order chi connectivity index (χ1) is 17.5. The number of thiophene rings is 1. The van der Waals surface area contributed by atoms with Crippen LogP contribution in [0.1, 0.15) is 26.8 Å². The molecule has 1 saturated heterocycles. The van der Waals surface area contributed by atoms with Gasteiger partial charge in [0.25, 0.3) is 11.5 Å². The van der Waals surface area contributed by atoms with E-state index in [1.165, 1.54) is 5.56 Å². The highest BCUT2D eigenvalue weighted by molar-refractivity contribution is 7.19. The topological polar surface area (TPSA) is 85.1 Å². The van der Waals surface area contributed by atoms with Crippen LogP contribution in [0, 0.1) is 13.8 Å². The SMILES string of the molecule is Cc1ccc(-c2c(C)sc3nc(CN4CCN(C(=O)c5cc6ccccc6[nH]5)CC4)[nH]c(=O)c23)cc1. The third-order valence-corrected chi connectivity index (χ3v) is 7.92. The molecule has 0 bridgehead atoms. The molecule has 0 saturated carbocycles. The zero-order chi connectivity index (χ0) is 24.8. The van der Waals surface area contributed by atoms with E-state index in [9.17, 15) is 9.59 Å². The van der Waals surface area contributed by atoms with Gasteiger partial charge >= 0.3 is 0 Å². The first kappa shape index (κ1) is 22.7. The Morgan fingerprint density at radius 1 is 1.00 bits per heavy atom. The third kappa shape index (κ3) is 4.12. The summed E-state index contributed by atoms with van der Waals surface area (Å²) in [7, 11) is 0. The first-order valence-electron chi connectivity index (χ1n) is 12.1.